The molecule has 25 heavy (non-hydrogen) atoms. The monoisotopic (exact) mass is 377 g/mol. The van der Waals surface area contributed by atoms with Crippen LogP contribution in [0.3, 0.4) is 0 Å². The fourth-order valence-electron chi connectivity index (χ4n) is 2.57. The van der Waals surface area contributed by atoms with E-state index in [-0.39, 0.29) is 0 Å². The second-order valence-electron chi connectivity index (χ2n) is 5.27. The number of rotatable bonds is 4. The molecule has 2 aromatic carbocycles. The smallest absolute Gasteiger partial charge is 0.253 e. The van der Waals surface area contributed by atoms with Crippen LogP contribution >= 0.6 is 23.2 Å². The van der Waals surface area contributed by atoms with Gasteiger partial charge in [-0.3, -0.25) is 5.10 Å². The molecule has 0 aliphatic rings. The van der Waals surface area contributed by atoms with Crippen molar-refractivity contribution in [1.29, 1.82) is 0 Å². The molecule has 2 heterocycles. The molecule has 4 aromatic rings. The van der Waals surface area contributed by atoms with Crippen molar-refractivity contribution in [3.8, 4) is 11.5 Å². The largest absolute Gasteiger partial charge is 0.493 e. The molecular formula is C16H13Cl2N5O2. The lowest BCUT2D eigenvalue weighted by atomic mass is 10.3. The highest BCUT2D eigenvalue weighted by Crippen LogP contribution is 2.32. The molecule has 0 saturated heterocycles. The number of nitrogens with one attached hydrogen (secondary N) is 2. The Hall–Kier alpha value is -2.64. The van der Waals surface area contributed by atoms with Crippen molar-refractivity contribution in [2.24, 2.45) is 0 Å². The molecular weight excluding hydrogens is 365 g/mol. The Balaban J connectivity index is 1.76. The van der Waals surface area contributed by atoms with Crippen molar-refractivity contribution in [2.75, 3.05) is 19.5 Å². The van der Waals surface area contributed by atoms with Crippen molar-refractivity contribution in [2.45, 2.75) is 0 Å². The molecule has 0 fully saturated rings. The summed E-state index contributed by atoms with van der Waals surface area (Å²) in [5.41, 5.74) is 2.33. The Bertz CT molecular complexity index is 1090. The van der Waals surface area contributed by atoms with Gasteiger partial charge in [0.25, 0.3) is 5.78 Å². The number of nitrogens with zero attached hydrogens (tertiary/aromatic N) is 3. The van der Waals surface area contributed by atoms with Crippen LogP contribution in [0.4, 0.5) is 11.6 Å². The van der Waals surface area contributed by atoms with Crippen molar-refractivity contribution < 1.29 is 9.47 Å². The Morgan fingerprint density at radius 2 is 1.76 bits per heavy atom. The zero-order valence-corrected chi connectivity index (χ0v) is 14.8. The fraction of sp³-hybridized carbons (Fsp3) is 0.125. The predicted molar refractivity (Wildman–Crippen MR) is 97.7 cm³/mol. The van der Waals surface area contributed by atoms with E-state index in [4.69, 9.17) is 32.7 Å². The number of ether oxygens (including phenoxy) is 2. The lowest BCUT2D eigenvalue weighted by Crippen LogP contribution is -1.94. The number of anilines is 2. The first-order valence-electron chi connectivity index (χ1n) is 7.31. The van der Waals surface area contributed by atoms with E-state index in [0.29, 0.717) is 33.3 Å². The van der Waals surface area contributed by atoms with Crippen LogP contribution in [0.25, 0.3) is 16.8 Å². The molecule has 128 valence electrons. The van der Waals surface area contributed by atoms with E-state index in [2.05, 4.69) is 20.4 Å². The Kier molecular flexibility index (Phi) is 3.82. The van der Waals surface area contributed by atoms with Crippen LogP contribution in [0.5, 0.6) is 11.5 Å². The number of H-pyrrole nitrogens is 1. The van der Waals surface area contributed by atoms with Gasteiger partial charge in [0.1, 0.15) is 0 Å². The first kappa shape index (κ1) is 15.9. The minimum Gasteiger partial charge on any atom is -0.493 e. The van der Waals surface area contributed by atoms with Crippen LogP contribution < -0.4 is 14.8 Å². The molecule has 0 saturated carbocycles. The number of methoxy groups -OCH3 is 2. The molecule has 7 nitrogen and oxygen atoms in total. The van der Waals surface area contributed by atoms with Gasteiger partial charge in [-0.05, 0) is 18.2 Å². The van der Waals surface area contributed by atoms with Crippen LogP contribution in [0.2, 0.25) is 10.0 Å². The summed E-state index contributed by atoms with van der Waals surface area (Å²) in [7, 11) is 3.18. The van der Waals surface area contributed by atoms with Crippen LogP contribution in [0.1, 0.15) is 0 Å². The SMILES string of the molecule is COc1cc2nc3nc(Nc4ccc(Cl)c(Cl)c4)[nH]n3c2cc1OC. The highest BCUT2D eigenvalue weighted by Gasteiger charge is 2.14. The Labute approximate surface area is 152 Å². The summed E-state index contributed by atoms with van der Waals surface area (Å²) in [6, 6.07) is 8.90. The predicted octanol–water partition coefficient (Wildman–Crippen LogP) is 4.28. The average molecular weight is 378 g/mol. The van der Waals surface area contributed by atoms with E-state index in [1.54, 1.807) is 30.9 Å². The zero-order chi connectivity index (χ0) is 17.6. The van der Waals surface area contributed by atoms with E-state index in [9.17, 15) is 0 Å². The number of hydrogen-bond acceptors (Lipinski definition) is 5. The molecule has 0 atom stereocenters. The normalized spacial score (nSPS) is 11.2. The van der Waals surface area contributed by atoms with E-state index in [1.807, 2.05) is 18.2 Å². The number of aromatic nitrogens is 4. The number of halogens is 2. The average Bonchev–Trinajstić information content (AvgIpc) is 3.13. The second kappa shape index (κ2) is 6.02. The maximum absolute atomic E-state index is 6.03. The van der Waals surface area contributed by atoms with Gasteiger partial charge in [-0.2, -0.15) is 4.98 Å². The standard InChI is InChI=1S/C16H13Cl2N5O2/c1-24-13-6-11-12(7-14(13)25-2)23-16(20-11)21-15(22-23)19-8-3-4-9(17)10(18)5-8/h3-7H,1-2H3,(H2,19,20,21,22). The Morgan fingerprint density at radius 1 is 1.00 bits per heavy atom. The molecule has 0 unspecified atom stereocenters. The topological polar surface area (TPSA) is 76.5 Å². The van der Waals surface area contributed by atoms with Gasteiger partial charge < -0.3 is 14.8 Å². The van der Waals surface area contributed by atoms with Gasteiger partial charge in [0, 0.05) is 17.8 Å². The van der Waals surface area contributed by atoms with E-state index in [0.717, 1.165) is 16.7 Å². The zero-order valence-electron chi connectivity index (χ0n) is 13.3. The lowest BCUT2D eigenvalue weighted by molar-refractivity contribution is 0.355. The summed E-state index contributed by atoms with van der Waals surface area (Å²) >= 11 is 12.0. The minimum absolute atomic E-state index is 0.463. The van der Waals surface area contributed by atoms with Crippen LogP contribution in [0, 0.1) is 0 Å². The summed E-state index contributed by atoms with van der Waals surface area (Å²) in [6.07, 6.45) is 0. The van der Waals surface area contributed by atoms with Gasteiger partial charge in [0.2, 0.25) is 5.95 Å². The second-order valence-corrected chi connectivity index (χ2v) is 6.08. The molecule has 2 N–H and O–H groups in total. The van der Waals surface area contributed by atoms with Crippen molar-refractivity contribution in [1.82, 2.24) is 19.6 Å². The summed E-state index contributed by atoms with van der Waals surface area (Å²) < 4.78 is 12.4. The molecule has 0 aliphatic carbocycles. The highest BCUT2D eigenvalue weighted by molar-refractivity contribution is 6.42. The molecule has 0 bridgehead atoms. The van der Waals surface area contributed by atoms with E-state index in [1.165, 1.54) is 0 Å². The van der Waals surface area contributed by atoms with Gasteiger partial charge in [-0.1, -0.05) is 23.2 Å². The third-order valence-electron chi connectivity index (χ3n) is 3.75. The van der Waals surface area contributed by atoms with Gasteiger partial charge in [-0.25, -0.2) is 9.50 Å². The number of imidazole rings is 1. The number of aromatic amines is 1. The van der Waals surface area contributed by atoms with Gasteiger partial charge in [-0.15, -0.1) is 0 Å². The highest BCUT2D eigenvalue weighted by atomic mass is 35.5. The molecule has 0 radical (unpaired) electrons. The van der Waals surface area contributed by atoms with Crippen LogP contribution in [0.15, 0.2) is 30.3 Å². The van der Waals surface area contributed by atoms with Gasteiger partial charge in [0.05, 0.1) is 35.3 Å². The van der Waals surface area contributed by atoms with Crippen LogP contribution in [-0.4, -0.2) is 33.8 Å². The third kappa shape index (κ3) is 2.71. The molecule has 0 spiro atoms. The Morgan fingerprint density at radius 3 is 2.48 bits per heavy atom. The van der Waals surface area contributed by atoms with Crippen molar-refractivity contribution in [3.63, 3.8) is 0 Å². The molecule has 0 amide bonds. The van der Waals surface area contributed by atoms with E-state index < -0.39 is 0 Å². The molecule has 2 aromatic heterocycles. The maximum atomic E-state index is 6.03. The molecule has 0 aliphatic heterocycles. The first-order valence-corrected chi connectivity index (χ1v) is 8.07. The number of hydrogen-bond donors (Lipinski definition) is 2. The summed E-state index contributed by atoms with van der Waals surface area (Å²) in [4.78, 5) is 8.93. The first-order chi connectivity index (χ1) is 12.1. The van der Waals surface area contributed by atoms with Crippen molar-refractivity contribution >= 4 is 51.6 Å². The molecule has 9 heteroatoms. The van der Waals surface area contributed by atoms with Crippen LogP contribution in [-0.2, 0) is 0 Å². The minimum atomic E-state index is 0.463. The molecule has 4 rings (SSSR count). The third-order valence-corrected chi connectivity index (χ3v) is 4.49. The van der Waals surface area contributed by atoms with Gasteiger partial charge >= 0.3 is 0 Å². The number of fused-ring (bicyclic) bond motifs is 3. The fourth-order valence-corrected chi connectivity index (χ4v) is 2.87. The summed E-state index contributed by atoms with van der Waals surface area (Å²) in [5, 5.41) is 7.24. The lowest BCUT2D eigenvalue weighted by Gasteiger charge is -2.07. The number of benzene rings is 2. The summed E-state index contributed by atoms with van der Waals surface area (Å²) in [6.45, 7) is 0. The van der Waals surface area contributed by atoms with E-state index >= 15 is 0 Å². The van der Waals surface area contributed by atoms with Gasteiger partial charge in [0.15, 0.2) is 11.5 Å². The maximum Gasteiger partial charge on any atom is 0.253 e. The summed E-state index contributed by atoms with van der Waals surface area (Å²) in [5.74, 6) is 2.28. The quantitative estimate of drug-likeness (QED) is 0.554. The van der Waals surface area contributed by atoms with Crippen molar-refractivity contribution in [3.05, 3.63) is 40.4 Å².